The highest BCUT2D eigenvalue weighted by Crippen LogP contribution is 2.51. The molecule has 0 amide bonds. The van der Waals surface area contributed by atoms with Gasteiger partial charge >= 0.3 is 0 Å². The van der Waals surface area contributed by atoms with E-state index in [0.717, 1.165) is 0 Å². The van der Waals surface area contributed by atoms with E-state index in [4.69, 9.17) is 0 Å². The predicted octanol–water partition coefficient (Wildman–Crippen LogP) is 6.26. The molecular weight excluding hydrogens is 568 g/mol. The molecule has 12 N–H and O–H groups in total. The third-order valence-corrected chi connectivity index (χ3v) is 8.09. The Morgan fingerprint density at radius 1 is 0.409 bits per heavy atom. The lowest BCUT2D eigenvalue weighted by Crippen LogP contribution is -1.86. The molecule has 4 aromatic carbocycles. The van der Waals surface area contributed by atoms with E-state index in [1.165, 1.54) is 36.4 Å². The number of nitrogens with one attached hydrogen (secondary N) is 4. The average molecular weight is 591 g/mol. The van der Waals surface area contributed by atoms with Crippen LogP contribution in [0.1, 0.15) is 0 Å². The van der Waals surface area contributed by atoms with Crippen molar-refractivity contribution in [3.8, 4) is 79.8 Å². The Bertz CT molecular complexity index is 2460. The zero-order chi connectivity index (χ0) is 30.6. The predicted molar refractivity (Wildman–Crippen MR) is 163 cm³/mol. The van der Waals surface area contributed by atoms with Gasteiger partial charge in [0.25, 0.3) is 0 Å². The highest BCUT2D eigenvalue weighted by atomic mass is 16.3. The van der Waals surface area contributed by atoms with Gasteiger partial charge in [0.1, 0.15) is 0 Å². The number of phenols is 8. The summed E-state index contributed by atoms with van der Waals surface area (Å²) in [6, 6.07) is 13.3. The van der Waals surface area contributed by atoms with E-state index in [2.05, 4.69) is 19.9 Å². The average Bonchev–Trinajstić information content (AvgIpc) is 3.76. The van der Waals surface area contributed by atoms with Crippen molar-refractivity contribution >= 4 is 43.6 Å². The molecule has 0 fully saturated rings. The summed E-state index contributed by atoms with van der Waals surface area (Å²) >= 11 is 0. The van der Waals surface area contributed by atoms with Crippen LogP contribution < -0.4 is 0 Å². The Morgan fingerprint density at radius 2 is 0.955 bits per heavy atom. The lowest BCUT2D eigenvalue weighted by atomic mass is 9.98. The van der Waals surface area contributed by atoms with E-state index in [1.54, 1.807) is 24.4 Å². The topological polar surface area (TPSA) is 225 Å². The van der Waals surface area contributed by atoms with Crippen molar-refractivity contribution in [1.82, 2.24) is 19.9 Å². The van der Waals surface area contributed by atoms with Crippen LogP contribution in [0, 0.1) is 0 Å². The normalized spacial score (nSPS) is 11.9. The summed E-state index contributed by atoms with van der Waals surface area (Å²) in [5.74, 6) is -2.97. The third kappa shape index (κ3) is 3.38. The number of H-pyrrole nitrogens is 4. The number of rotatable bonds is 3. The van der Waals surface area contributed by atoms with Crippen molar-refractivity contribution in [2.45, 2.75) is 0 Å². The summed E-state index contributed by atoms with van der Waals surface area (Å²) in [6.45, 7) is 0. The molecule has 0 bridgehead atoms. The minimum Gasteiger partial charge on any atom is -0.504 e. The molecule has 0 radical (unpaired) electrons. The number of benzene rings is 4. The molecule has 0 aliphatic heterocycles. The zero-order valence-corrected chi connectivity index (χ0v) is 22.4. The van der Waals surface area contributed by atoms with Gasteiger partial charge in [-0.25, -0.2) is 0 Å². The number of hydrogen-bond acceptors (Lipinski definition) is 8. The van der Waals surface area contributed by atoms with Gasteiger partial charge in [-0.1, -0.05) is 0 Å². The van der Waals surface area contributed by atoms with Gasteiger partial charge in [0, 0.05) is 68.8 Å². The van der Waals surface area contributed by atoms with Crippen molar-refractivity contribution in [1.29, 1.82) is 0 Å². The van der Waals surface area contributed by atoms with E-state index in [-0.39, 0.29) is 39.9 Å². The molecular formula is C32H22N4O8. The molecule has 12 nitrogen and oxygen atoms in total. The number of hydrogen-bond donors (Lipinski definition) is 12. The molecule has 0 saturated heterocycles. The lowest BCUT2D eigenvalue weighted by molar-refractivity contribution is 0.405. The molecule has 4 aromatic heterocycles. The molecule has 218 valence electrons. The number of aromatic nitrogens is 4. The van der Waals surface area contributed by atoms with Gasteiger partial charge in [-0.2, -0.15) is 0 Å². The Balaban J connectivity index is 1.45. The molecule has 0 aliphatic rings. The van der Waals surface area contributed by atoms with E-state index in [1.807, 2.05) is 0 Å². The van der Waals surface area contributed by atoms with Gasteiger partial charge < -0.3 is 60.8 Å². The second-order valence-corrected chi connectivity index (χ2v) is 10.7. The number of phenolic OH excluding ortho intramolecular Hbond substituents is 8. The van der Waals surface area contributed by atoms with E-state index < -0.39 is 17.2 Å². The van der Waals surface area contributed by atoms with Crippen molar-refractivity contribution in [3.05, 3.63) is 60.8 Å². The quantitative estimate of drug-likeness (QED) is 0.105. The number of aromatic hydroxyl groups is 8. The molecule has 8 rings (SSSR count). The van der Waals surface area contributed by atoms with Crippen molar-refractivity contribution < 1.29 is 40.9 Å². The van der Waals surface area contributed by atoms with Crippen LogP contribution in [0.4, 0.5) is 0 Å². The first kappa shape index (κ1) is 25.2. The fourth-order valence-electron chi connectivity index (χ4n) is 6.07. The first-order chi connectivity index (χ1) is 21.1. The highest BCUT2D eigenvalue weighted by molar-refractivity contribution is 6.13. The number of fused-ring (bicyclic) bond motifs is 4. The van der Waals surface area contributed by atoms with Crippen molar-refractivity contribution in [2.24, 2.45) is 0 Å². The maximum Gasteiger partial charge on any atom is 0.167 e. The van der Waals surface area contributed by atoms with E-state index >= 15 is 0 Å². The van der Waals surface area contributed by atoms with Crippen LogP contribution in [-0.2, 0) is 0 Å². The minimum atomic E-state index is -0.413. The Hall–Kier alpha value is -6.56. The van der Waals surface area contributed by atoms with Gasteiger partial charge in [0.15, 0.2) is 46.0 Å². The first-order valence-corrected chi connectivity index (χ1v) is 13.3. The molecule has 12 heteroatoms. The standard InChI is InChI=1S/C32H22N4O8/c37-21-4-11-3-19(34-15(11)7-23(21)39)28-13-5-20(35-17(13)10-26(42)31(28)43)27-14-6-22(38)24(40)9-18(14)36-30(27)29-12-1-2-33-16(12)8-25(41)32(29)44/h1-10,33-44H. The molecule has 0 spiro atoms. The minimum absolute atomic E-state index is 0.229. The Morgan fingerprint density at radius 3 is 1.73 bits per heavy atom. The van der Waals surface area contributed by atoms with Crippen LogP contribution in [0.5, 0.6) is 46.0 Å². The number of aromatic amines is 4. The van der Waals surface area contributed by atoms with Crippen LogP contribution in [0.15, 0.2) is 60.8 Å². The molecule has 0 saturated carbocycles. The molecule has 0 unspecified atom stereocenters. The summed E-state index contributed by atoms with van der Waals surface area (Å²) < 4.78 is 0. The molecule has 0 atom stereocenters. The third-order valence-electron chi connectivity index (χ3n) is 8.09. The van der Waals surface area contributed by atoms with Crippen LogP contribution >= 0.6 is 0 Å². The summed E-state index contributed by atoms with van der Waals surface area (Å²) in [6.07, 6.45) is 1.66. The summed E-state index contributed by atoms with van der Waals surface area (Å²) in [5, 5.41) is 86.1. The Kier molecular flexibility index (Phi) is 4.86. The van der Waals surface area contributed by atoms with Gasteiger partial charge in [-0.3, -0.25) is 0 Å². The molecule has 0 aliphatic carbocycles. The first-order valence-electron chi connectivity index (χ1n) is 13.3. The molecule has 4 heterocycles. The van der Waals surface area contributed by atoms with Crippen molar-refractivity contribution in [3.63, 3.8) is 0 Å². The van der Waals surface area contributed by atoms with E-state index in [0.29, 0.717) is 66.3 Å². The summed E-state index contributed by atoms with van der Waals surface area (Å²) in [5.41, 5.74) is 3.97. The van der Waals surface area contributed by atoms with Crippen molar-refractivity contribution in [2.75, 3.05) is 0 Å². The smallest absolute Gasteiger partial charge is 0.167 e. The second kappa shape index (κ2) is 8.49. The Labute approximate surface area is 245 Å². The van der Waals surface area contributed by atoms with E-state index in [9.17, 15) is 40.9 Å². The second-order valence-electron chi connectivity index (χ2n) is 10.7. The monoisotopic (exact) mass is 590 g/mol. The maximum absolute atomic E-state index is 11.1. The van der Waals surface area contributed by atoms with Crippen LogP contribution in [-0.4, -0.2) is 60.8 Å². The van der Waals surface area contributed by atoms with Gasteiger partial charge in [-0.15, -0.1) is 0 Å². The maximum atomic E-state index is 11.1. The van der Waals surface area contributed by atoms with Gasteiger partial charge in [-0.05, 0) is 30.3 Å². The summed E-state index contributed by atoms with van der Waals surface area (Å²) in [7, 11) is 0. The largest absolute Gasteiger partial charge is 0.504 e. The van der Waals surface area contributed by atoms with Crippen LogP contribution in [0.3, 0.4) is 0 Å². The molecule has 8 aromatic rings. The fraction of sp³-hybridized carbons (Fsp3) is 0. The lowest BCUT2D eigenvalue weighted by Gasteiger charge is -2.10. The fourth-order valence-corrected chi connectivity index (χ4v) is 6.07. The van der Waals surface area contributed by atoms with Gasteiger partial charge in [0.2, 0.25) is 0 Å². The summed E-state index contributed by atoms with van der Waals surface area (Å²) in [4.78, 5) is 12.6. The van der Waals surface area contributed by atoms with Gasteiger partial charge in [0.05, 0.1) is 39.1 Å². The van der Waals surface area contributed by atoms with Crippen LogP contribution in [0.25, 0.3) is 77.4 Å². The van der Waals surface area contributed by atoms with Crippen LogP contribution in [0.2, 0.25) is 0 Å². The SMILES string of the molecule is Oc1cc2cc(-c3c(O)c(O)cc4[nH]c(-c5c(-c6c(O)c(O)cc7[nH]ccc67)[nH]c6cc(O)c(O)cc56)cc34)[nH]c2cc1O. The molecule has 44 heavy (non-hydrogen) atoms. The highest BCUT2D eigenvalue weighted by Gasteiger charge is 2.26. The zero-order valence-electron chi connectivity index (χ0n) is 22.4.